The molecule has 17 heavy (non-hydrogen) atoms. The highest BCUT2D eigenvalue weighted by atomic mass is 79.9. The second-order valence-corrected chi connectivity index (χ2v) is 5.94. The van der Waals surface area contributed by atoms with E-state index in [1.165, 1.54) is 0 Å². The van der Waals surface area contributed by atoms with E-state index in [9.17, 15) is 0 Å². The topological polar surface area (TPSA) is 44.5 Å². The summed E-state index contributed by atoms with van der Waals surface area (Å²) in [7, 11) is 1.65. The molecule has 0 heterocycles. The lowest BCUT2D eigenvalue weighted by Crippen LogP contribution is -2.29. The third-order valence-electron chi connectivity index (χ3n) is 2.74. The second kappa shape index (κ2) is 4.50. The molecule has 0 spiro atoms. The van der Waals surface area contributed by atoms with Crippen LogP contribution >= 0.6 is 15.9 Å². The Kier molecular flexibility index (Phi) is 3.36. The molecule has 1 aliphatic carbocycles. The number of methoxy groups -OCH3 is 1. The molecule has 0 radical (unpaired) electrons. The Bertz CT molecular complexity index is 422. The number of halogens is 1. The van der Waals surface area contributed by atoms with Crippen LogP contribution in [-0.2, 0) is 5.54 Å². The molecule has 2 N–H and O–H groups in total. The van der Waals surface area contributed by atoms with Crippen LogP contribution in [0.2, 0.25) is 0 Å². The van der Waals surface area contributed by atoms with E-state index >= 15 is 0 Å². The van der Waals surface area contributed by atoms with Gasteiger partial charge in [-0.15, -0.1) is 0 Å². The highest BCUT2D eigenvalue weighted by Gasteiger charge is 2.30. The summed E-state index contributed by atoms with van der Waals surface area (Å²) in [4.78, 5) is 0. The van der Waals surface area contributed by atoms with Gasteiger partial charge in [0.2, 0.25) is 0 Å². The van der Waals surface area contributed by atoms with Gasteiger partial charge in [0, 0.05) is 15.6 Å². The number of rotatable bonds is 4. The summed E-state index contributed by atoms with van der Waals surface area (Å²) in [5.74, 6) is 1.52. The van der Waals surface area contributed by atoms with Crippen LogP contribution in [0.15, 0.2) is 16.6 Å². The molecule has 1 fully saturated rings. The molecule has 0 aromatic heterocycles. The summed E-state index contributed by atoms with van der Waals surface area (Å²) in [6.45, 7) is 3.93. The lowest BCUT2D eigenvalue weighted by Gasteiger charge is -2.24. The van der Waals surface area contributed by atoms with Crippen LogP contribution in [0.3, 0.4) is 0 Å². The smallest absolute Gasteiger partial charge is 0.166 e. The first kappa shape index (κ1) is 12.7. The first-order valence-electron chi connectivity index (χ1n) is 5.75. The highest BCUT2D eigenvalue weighted by Crippen LogP contribution is 2.42. The normalized spacial score (nSPS) is 15.8. The lowest BCUT2D eigenvalue weighted by atomic mass is 9.94. The van der Waals surface area contributed by atoms with E-state index in [4.69, 9.17) is 15.2 Å². The molecule has 94 valence electrons. The second-order valence-electron chi connectivity index (χ2n) is 5.02. The van der Waals surface area contributed by atoms with Crippen LogP contribution in [0, 0.1) is 0 Å². The van der Waals surface area contributed by atoms with Crippen LogP contribution in [0.4, 0.5) is 0 Å². The van der Waals surface area contributed by atoms with E-state index in [2.05, 4.69) is 15.9 Å². The molecular weight excluding hydrogens is 282 g/mol. The molecule has 0 aliphatic heterocycles. The molecule has 1 aromatic rings. The quantitative estimate of drug-likeness (QED) is 0.928. The average Bonchev–Trinajstić information content (AvgIpc) is 3.02. The van der Waals surface area contributed by atoms with Gasteiger partial charge in [0.15, 0.2) is 11.5 Å². The fraction of sp³-hybridized carbons (Fsp3) is 0.538. The molecule has 0 bridgehead atoms. The van der Waals surface area contributed by atoms with Gasteiger partial charge in [-0.05, 0) is 38.8 Å². The zero-order valence-electron chi connectivity index (χ0n) is 10.4. The van der Waals surface area contributed by atoms with E-state index in [0.717, 1.165) is 34.4 Å². The van der Waals surface area contributed by atoms with E-state index in [1.54, 1.807) is 7.11 Å². The summed E-state index contributed by atoms with van der Waals surface area (Å²) in [6.07, 6.45) is 2.55. The minimum Gasteiger partial charge on any atom is -0.493 e. The molecule has 0 atom stereocenters. The van der Waals surface area contributed by atoms with Gasteiger partial charge in [-0.1, -0.05) is 15.9 Å². The monoisotopic (exact) mass is 299 g/mol. The number of hydrogen-bond acceptors (Lipinski definition) is 3. The van der Waals surface area contributed by atoms with Crippen LogP contribution in [0.5, 0.6) is 11.5 Å². The summed E-state index contributed by atoms with van der Waals surface area (Å²) in [5.41, 5.74) is 6.70. The van der Waals surface area contributed by atoms with Crippen molar-refractivity contribution in [3.05, 3.63) is 22.2 Å². The van der Waals surface area contributed by atoms with Crippen molar-refractivity contribution in [3.8, 4) is 11.5 Å². The summed E-state index contributed by atoms with van der Waals surface area (Å²) in [5, 5.41) is 0. The molecule has 4 heteroatoms. The molecule has 3 nitrogen and oxygen atoms in total. The molecule has 1 aromatic carbocycles. The minimum absolute atomic E-state index is 0.325. The fourth-order valence-corrected chi connectivity index (χ4v) is 2.11. The third kappa shape index (κ3) is 2.93. The lowest BCUT2D eigenvalue weighted by molar-refractivity contribution is 0.273. The number of benzene rings is 1. The summed E-state index contributed by atoms with van der Waals surface area (Å²) < 4.78 is 12.3. The molecule has 0 saturated heterocycles. The predicted octanol–water partition coefficient (Wildman–Crippen LogP) is 3.19. The van der Waals surface area contributed by atoms with Gasteiger partial charge in [0.05, 0.1) is 13.2 Å². The van der Waals surface area contributed by atoms with Crippen molar-refractivity contribution < 1.29 is 9.47 Å². The van der Waals surface area contributed by atoms with E-state index in [0.29, 0.717) is 6.10 Å². The zero-order valence-corrected chi connectivity index (χ0v) is 12.0. The maximum Gasteiger partial charge on any atom is 0.166 e. The maximum absolute atomic E-state index is 6.19. The van der Waals surface area contributed by atoms with Gasteiger partial charge in [-0.3, -0.25) is 0 Å². The molecule has 0 amide bonds. The molecule has 1 aliphatic rings. The Morgan fingerprint density at radius 3 is 2.47 bits per heavy atom. The summed E-state index contributed by atoms with van der Waals surface area (Å²) >= 11 is 3.47. The van der Waals surface area contributed by atoms with Crippen molar-refractivity contribution in [3.63, 3.8) is 0 Å². The number of hydrogen-bond donors (Lipinski definition) is 1. The number of nitrogens with two attached hydrogens (primary N) is 1. The minimum atomic E-state index is -0.457. The van der Waals surface area contributed by atoms with Crippen molar-refractivity contribution in [1.29, 1.82) is 0 Å². The molecule has 0 unspecified atom stereocenters. The Labute approximate surface area is 110 Å². The van der Waals surface area contributed by atoms with E-state index < -0.39 is 5.54 Å². The van der Waals surface area contributed by atoms with Crippen molar-refractivity contribution in [2.24, 2.45) is 5.73 Å². The van der Waals surface area contributed by atoms with Crippen LogP contribution in [0.25, 0.3) is 0 Å². The Morgan fingerprint density at radius 2 is 2.00 bits per heavy atom. The van der Waals surface area contributed by atoms with Gasteiger partial charge in [0.25, 0.3) is 0 Å². The Morgan fingerprint density at radius 1 is 1.35 bits per heavy atom. The fourth-order valence-electron chi connectivity index (χ4n) is 1.67. The van der Waals surface area contributed by atoms with E-state index in [-0.39, 0.29) is 0 Å². The van der Waals surface area contributed by atoms with Gasteiger partial charge >= 0.3 is 0 Å². The SMILES string of the molecule is COc1cc(Br)cc(C(C)(C)N)c1OC1CC1. The van der Waals surface area contributed by atoms with Crippen molar-refractivity contribution in [1.82, 2.24) is 0 Å². The summed E-state index contributed by atoms with van der Waals surface area (Å²) in [6, 6.07) is 3.91. The van der Waals surface area contributed by atoms with Crippen LogP contribution in [-0.4, -0.2) is 13.2 Å². The predicted molar refractivity (Wildman–Crippen MR) is 71.6 cm³/mol. The zero-order chi connectivity index (χ0) is 12.6. The van der Waals surface area contributed by atoms with Crippen LogP contribution in [0.1, 0.15) is 32.3 Å². The first-order chi connectivity index (χ1) is 7.91. The van der Waals surface area contributed by atoms with Crippen molar-refractivity contribution in [2.75, 3.05) is 7.11 Å². The van der Waals surface area contributed by atoms with E-state index in [1.807, 2.05) is 26.0 Å². The van der Waals surface area contributed by atoms with Crippen molar-refractivity contribution >= 4 is 15.9 Å². The van der Waals surface area contributed by atoms with Gasteiger partial charge in [-0.25, -0.2) is 0 Å². The molecule has 1 saturated carbocycles. The third-order valence-corrected chi connectivity index (χ3v) is 3.20. The first-order valence-corrected chi connectivity index (χ1v) is 6.54. The van der Waals surface area contributed by atoms with Gasteiger partial charge in [0.1, 0.15) is 0 Å². The van der Waals surface area contributed by atoms with Gasteiger partial charge < -0.3 is 15.2 Å². The standard InChI is InChI=1S/C13H18BrNO2/c1-13(2,15)10-6-8(14)7-11(16-3)12(10)17-9-4-5-9/h6-7,9H,4-5,15H2,1-3H3. The Balaban J connectivity index is 2.48. The average molecular weight is 300 g/mol. The maximum atomic E-state index is 6.19. The highest BCUT2D eigenvalue weighted by molar-refractivity contribution is 9.10. The number of ether oxygens (including phenoxy) is 2. The molecule has 2 rings (SSSR count). The molecular formula is C13H18BrNO2. The largest absolute Gasteiger partial charge is 0.493 e. The van der Waals surface area contributed by atoms with Gasteiger partial charge in [-0.2, -0.15) is 0 Å². The van der Waals surface area contributed by atoms with Crippen LogP contribution < -0.4 is 15.2 Å². The Hall–Kier alpha value is -0.740. The van der Waals surface area contributed by atoms with Crippen molar-refractivity contribution in [2.45, 2.75) is 38.3 Å².